The van der Waals surface area contributed by atoms with E-state index in [-0.39, 0.29) is 0 Å². The zero-order valence-electron chi connectivity index (χ0n) is 13.8. The maximum atomic E-state index is 12.2. The number of hydrogen-bond donors (Lipinski definition) is 0. The molecule has 0 spiro atoms. The quantitative estimate of drug-likeness (QED) is 0.523. The van der Waals surface area contributed by atoms with Crippen LogP contribution in [0.1, 0.15) is 22.6 Å². The number of benzene rings is 2. The predicted octanol–water partition coefficient (Wildman–Crippen LogP) is 4.41. The summed E-state index contributed by atoms with van der Waals surface area (Å²) in [6, 6.07) is 15.4. The van der Waals surface area contributed by atoms with Gasteiger partial charge in [-0.3, -0.25) is 0 Å². The first-order valence-corrected chi connectivity index (χ1v) is 8.71. The Bertz CT molecular complexity index is 850. The molecular formula is C19H18N2O2S. The van der Waals surface area contributed by atoms with Crippen molar-refractivity contribution in [2.45, 2.75) is 25.7 Å². The lowest BCUT2D eigenvalue weighted by molar-refractivity contribution is 0.393. The molecule has 1 aromatic heterocycles. The van der Waals surface area contributed by atoms with E-state index in [2.05, 4.69) is 9.55 Å². The summed E-state index contributed by atoms with van der Waals surface area (Å²) in [5.74, 6) is 0.782. The molecule has 0 saturated heterocycles. The number of hydrogen-bond acceptors (Lipinski definition) is 4. The summed E-state index contributed by atoms with van der Waals surface area (Å²) in [7, 11) is 0. The van der Waals surface area contributed by atoms with Crippen molar-refractivity contribution in [3.8, 4) is 11.1 Å². The van der Waals surface area contributed by atoms with E-state index >= 15 is 0 Å². The van der Waals surface area contributed by atoms with Gasteiger partial charge in [-0.2, -0.15) is 0 Å². The molecule has 0 aliphatic rings. The van der Waals surface area contributed by atoms with E-state index in [1.54, 1.807) is 6.21 Å². The lowest BCUT2D eigenvalue weighted by Crippen LogP contribution is -1.98. The van der Waals surface area contributed by atoms with Crippen LogP contribution in [0.2, 0.25) is 0 Å². The second-order valence-corrected chi connectivity index (χ2v) is 6.80. The van der Waals surface area contributed by atoms with Crippen LogP contribution in [0.15, 0.2) is 62.3 Å². The summed E-state index contributed by atoms with van der Waals surface area (Å²) >= 11 is -1.41. The molecule has 0 fully saturated rings. The highest BCUT2D eigenvalue weighted by Crippen LogP contribution is 2.27. The smallest absolute Gasteiger partial charge is 0.182 e. The van der Waals surface area contributed by atoms with Crippen LogP contribution in [0, 0.1) is 20.8 Å². The number of aryl methyl sites for hydroxylation is 3. The van der Waals surface area contributed by atoms with Gasteiger partial charge in [0.15, 0.2) is 4.90 Å². The van der Waals surface area contributed by atoms with E-state index in [0.717, 1.165) is 33.7 Å². The molecule has 122 valence electrons. The van der Waals surface area contributed by atoms with Crippen molar-refractivity contribution in [2.75, 3.05) is 0 Å². The number of aromatic nitrogens is 1. The van der Waals surface area contributed by atoms with Crippen molar-refractivity contribution in [1.29, 1.82) is 0 Å². The van der Waals surface area contributed by atoms with Crippen LogP contribution < -0.4 is 0 Å². The third-order valence-corrected chi connectivity index (χ3v) is 4.70. The molecule has 3 rings (SSSR count). The fraction of sp³-hybridized carbons (Fsp3) is 0.158. The van der Waals surface area contributed by atoms with Gasteiger partial charge in [0, 0.05) is 5.56 Å². The average molecular weight is 338 g/mol. The monoisotopic (exact) mass is 338 g/mol. The van der Waals surface area contributed by atoms with Crippen LogP contribution in [0.4, 0.5) is 0 Å². The summed E-state index contributed by atoms with van der Waals surface area (Å²) < 4.78 is 21.6. The molecule has 0 radical (unpaired) electrons. The van der Waals surface area contributed by atoms with Crippen molar-refractivity contribution >= 4 is 17.6 Å². The summed E-state index contributed by atoms with van der Waals surface area (Å²) in [4.78, 5) is 0.693. The van der Waals surface area contributed by atoms with E-state index in [1.807, 2.05) is 69.3 Å². The Morgan fingerprint density at radius 3 is 2.50 bits per heavy atom. The van der Waals surface area contributed by atoms with Crippen LogP contribution >= 0.6 is 0 Å². The van der Waals surface area contributed by atoms with Gasteiger partial charge < -0.3 is 9.08 Å². The topological polar surface area (TPSA) is 61.5 Å². The van der Waals surface area contributed by atoms with Gasteiger partial charge in [0.2, 0.25) is 0 Å². The highest BCUT2D eigenvalue weighted by atomic mass is 32.2. The Hall–Kier alpha value is -2.37. The van der Waals surface area contributed by atoms with Gasteiger partial charge in [-0.15, -0.1) is 0 Å². The molecule has 0 bridgehead atoms. The van der Waals surface area contributed by atoms with Crippen molar-refractivity contribution in [2.24, 2.45) is 4.40 Å². The molecule has 3 aromatic rings. The standard InChI is InChI=1S/C19H18N2O2S/c1-13-7-9-18(10-8-13)24(22)20-12-16-5-4-6-17(11-16)19-14(2)21-23-15(19)3/h4-12H,1-3H3. The molecule has 0 aliphatic heterocycles. The average Bonchev–Trinajstić information content (AvgIpc) is 2.92. The first-order chi connectivity index (χ1) is 11.5. The Labute approximate surface area is 144 Å². The van der Waals surface area contributed by atoms with Crippen molar-refractivity contribution < 1.29 is 9.08 Å². The zero-order valence-corrected chi connectivity index (χ0v) is 14.6. The Morgan fingerprint density at radius 1 is 1.08 bits per heavy atom. The van der Waals surface area contributed by atoms with Crippen LogP contribution in [-0.2, 0) is 11.4 Å². The minimum atomic E-state index is -1.41. The second-order valence-electron chi connectivity index (χ2n) is 5.62. The molecule has 2 aromatic carbocycles. The van der Waals surface area contributed by atoms with Crippen LogP contribution in [0.3, 0.4) is 0 Å². The second kappa shape index (κ2) is 7.03. The lowest BCUT2D eigenvalue weighted by atomic mass is 10.0. The summed E-state index contributed by atoms with van der Waals surface area (Å²) in [5, 5.41) is 3.99. The van der Waals surface area contributed by atoms with Crippen LogP contribution in [-0.4, -0.2) is 15.9 Å². The third kappa shape index (κ3) is 3.58. The fourth-order valence-electron chi connectivity index (χ4n) is 2.49. The van der Waals surface area contributed by atoms with Gasteiger partial charge >= 0.3 is 0 Å². The molecule has 0 aliphatic carbocycles. The van der Waals surface area contributed by atoms with Gasteiger partial charge in [0.05, 0.1) is 11.9 Å². The van der Waals surface area contributed by atoms with E-state index in [9.17, 15) is 4.55 Å². The number of nitrogens with zero attached hydrogens (tertiary/aromatic N) is 2. The van der Waals surface area contributed by atoms with Gasteiger partial charge in [-0.1, -0.05) is 45.4 Å². The van der Waals surface area contributed by atoms with Crippen molar-refractivity contribution in [1.82, 2.24) is 5.16 Å². The van der Waals surface area contributed by atoms with Gasteiger partial charge in [-0.25, -0.2) is 0 Å². The van der Waals surface area contributed by atoms with Gasteiger partial charge in [0.1, 0.15) is 17.1 Å². The zero-order chi connectivity index (χ0) is 17.1. The largest absolute Gasteiger partial charge is 0.586 e. The minimum absolute atomic E-state index is 0.693. The van der Waals surface area contributed by atoms with E-state index < -0.39 is 11.4 Å². The van der Waals surface area contributed by atoms with Crippen LogP contribution in [0.25, 0.3) is 11.1 Å². The molecule has 1 heterocycles. The third-order valence-electron chi connectivity index (χ3n) is 3.73. The highest BCUT2D eigenvalue weighted by Gasteiger charge is 2.12. The molecule has 0 N–H and O–H groups in total. The highest BCUT2D eigenvalue weighted by molar-refractivity contribution is 7.90. The Balaban J connectivity index is 1.83. The van der Waals surface area contributed by atoms with Crippen molar-refractivity contribution in [3.63, 3.8) is 0 Å². The lowest BCUT2D eigenvalue weighted by Gasteiger charge is -2.04. The van der Waals surface area contributed by atoms with E-state index in [1.165, 1.54) is 0 Å². The summed E-state index contributed by atoms with van der Waals surface area (Å²) in [5.41, 5.74) is 4.87. The first-order valence-electron chi connectivity index (χ1n) is 7.60. The molecular weight excluding hydrogens is 320 g/mol. The fourth-order valence-corrected chi connectivity index (χ4v) is 3.20. The van der Waals surface area contributed by atoms with E-state index in [4.69, 9.17) is 4.52 Å². The molecule has 24 heavy (non-hydrogen) atoms. The summed E-state index contributed by atoms with van der Waals surface area (Å²) in [6.07, 6.45) is 1.64. The van der Waals surface area contributed by atoms with E-state index in [0.29, 0.717) is 4.90 Å². The summed E-state index contributed by atoms with van der Waals surface area (Å²) in [6.45, 7) is 5.80. The maximum Gasteiger partial charge on any atom is 0.182 e. The molecule has 5 heteroatoms. The predicted molar refractivity (Wildman–Crippen MR) is 96.6 cm³/mol. The van der Waals surface area contributed by atoms with Crippen molar-refractivity contribution in [3.05, 3.63) is 71.1 Å². The Kier molecular flexibility index (Phi) is 4.83. The van der Waals surface area contributed by atoms with Gasteiger partial charge in [-0.05, 0) is 50.1 Å². The molecule has 4 nitrogen and oxygen atoms in total. The molecule has 0 amide bonds. The maximum absolute atomic E-state index is 12.2. The first kappa shape index (κ1) is 16.5. The molecule has 1 unspecified atom stereocenters. The SMILES string of the molecule is Cc1ccc([S+]([O-])N=Cc2cccc(-c3c(C)noc3C)c2)cc1. The normalized spacial score (nSPS) is 12.7. The van der Waals surface area contributed by atoms with Crippen LogP contribution in [0.5, 0.6) is 0 Å². The van der Waals surface area contributed by atoms with Gasteiger partial charge in [0.25, 0.3) is 0 Å². The molecule has 0 saturated carbocycles. The molecule has 1 atom stereocenters. The minimum Gasteiger partial charge on any atom is -0.586 e. The number of rotatable bonds is 4. The Morgan fingerprint density at radius 2 is 1.83 bits per heavy atom.